The van der Waals surface area contributed by atoms with E-state index in [0.717, 1.165) is 62.5 Å². The van der Waals surface area contributed by atoms with Crippen molar-refractivity contribution in [3.05, 3.63) is 64.7 Å². The molecule has 1 fully saturated rings. The van der Waals surface area contributed by atoms with Crippen LogP contribution in [0.5, 0.6) is 0 Å². The standard InChI is InChI=1S/C34H46FN3O3/c1-4-41-34(40)23(3)30(25-17-14-22(2)20-25)36-33(39)31-29-13-9-8-10-26(21-24-15-18-27(35)19-16-24)32(29)38(37-31)28-11-6-5-7-12-28/h14-19,22-23,25-26,28,30H,4-13,20-21H2,1-3H3,(H,36,39)/t22?,23-,25?,26?,30-/m0/s1. The van der Waals surface area contributed by atoms with Crippen LogP contribution < -0.4 is 5.32 Å². The van der Waals surface area contributed by atoms with E-state index in [2.05, 4.69) is 29.1 Å². The topological polar surface area (TPSA) is 73.2 Å². The predicted molar refractivity (Wildman–Crippen MR) is 158 cm³/mol. The molecule has 1 amide bonds. The first-order chi connectivity index (χ1) is 19.9. The molecular weight excluding hydrogens is 517 g/mol. The third kappa shape index (κ3) is 6.76. The van der Waals surface area contributed by atoms with Crippen LogP contribution in [0, 0.1) is 23.6 Å². The molecule has 1 saturated carbocycles. The molecule has 1 heterocycles. The van der Waals surface area contributed by atoms with Crippen LogP contribution in [-0.2, 0) is 22.4 Å². The largest absolute Gasteiger partial charge is 0.466 e. The minimum atomic E-state index is -0.468. The number of hydrogen-bond donors (Lipinski definition) is 1. The number of nitrogens with zero attached hydrogens (tertiary/aromatic N) is 2. The number of carbonyl (C=O) groups excluding carboxylic acids is 2. The van der Waals surface area contributed by atoms with E-state index in [1.54, 1.807) is 0 Å². The van der Waals surface area contributed by atoms with Gasteiger partial charge in [0.25, 0.3) is 5.91 Å². The van der Waals surface area contributed by atoms with Crippen molar-refractivity contribution in [1.29, 1.82) is 0 Å². The number of allylic oxidation sites excluding steroid dienone is 1. The van der Waals surface area contributed by atoms with Crippen LogP contribution in [0.2, 0.25) is 0 Å². The number of rotatable bonds is 9. The van der Waals surface area contributed by atoms with E-state index in [9.17, 15) is 14.0 Å². The van der Waals surface area contributed by atoms with Crippen LogP contribution in [0.4, 0.5) is 4.39 Å². The molecule has 1 aromatic carbocycles. The molecule has 5 rings (SSSR count). The lowest BCUT2D eigenvalue weighted by Gasteiger charge is -2.28. The molecule has 7 heteroatoms. The lowest BCUT2D eigenvalue weighted by molar-refractivity contribution is -0.148. The second-order valence-corrected chi connectivity index (χ2v) is 12.5. The van der Waals surface area contributed by atoms with Crippen LogP contribution in [0.25, 0.3) is 0 Å². The Morgan fingerprint density at radius 1 is 1.07 bits per heavy atom. The molecule has 3 aliphatic carbocycles. The summed E-state index contributed by atoms with van der Waals surface area (Å²) in [6.07, 6.45) is 15.7. The van der Waals surface area contributed by atoms with E-state index in [-0.39, 0.29) is 35.6 Å². The molecule has 222 valence electrons. The SMILES string of the molecule is CCOC(=O)[C@@H](C)[C@H](NC(=O)c1nn(C2CCCCC2)c2c1CCCCC2Cc1ccc(F)cc1)C1C=CC(C)C1. The summed E-state index contributed by atoms with van der Waals surface area (Å²) in [7, 11) is 0. The average molecular weight is 564 g/mol. The predicted octanol–water partition coefficient (Wildman–Crippen LogP) is 7.09. The molecule has 3 aliphatic rings. The average Bonchev–Trinajstić information content (AvgIpc) is 3.52. The molecule has 3 unspecified atom stereocenters. The Morgan fingerprint density at radius 2 is 1.80 bits per heavy atom. The number of hydrogen-bond acceptors (Lipinski definition) is 4. The van der Waals surface area contributed by atoms with Crippen molar-refractivity contribution in [2.24, 2.45) is 17.8 Å². The Kier molecular flexibility index (Phi) is 9.61. The number of aromatic nitrogens is 2. The molecule has 5 atom stereocenters. The molecule has 2 aromatic rings. The fourth-order valence-electron chi connectivity index (χ4n) is 7.31. The number of esters is 1. The van der Waals surface area contributed by atoms with Crippen molar-refractivity contribution in [3.8, 4) is 0 Å². The smallest absolute Gasteiger partial charge is 0.310 e. The summed E-state index contributed by atoms with van der Waals surface area (Å²) in [6, 6.07) is 6.76. The van der Waals surface area contributed by atoms with Gasteiger partial charge in [-0.2, -0.15) is 5.10 Å². The highest BCUT2D eigenvalue weighted by molar-refractivity contribution is 5.94. The Morgan fingerprint density at radius 3 is 2.49 bits per heavy atom. The van der Waals surface area contributed by atoms with Gasteiger partial charge in [0.1, 0.15) is 5.82 Å². The summed E-state index contributed by atoms with van der Waals surface area (Å²) in [5.74, 6) is -0.462. The van der Waals surface area contributed by atoms with Crippen molar-refractivity contribution < 1.29 is 18.7 Å². The molecular formula is C34H46FN3O3. The van der Waals surface area contributed by atoms with E-state index < -0.39 is 5.92 Å². The number of ether oxygens (including phenoxy) is 1. The third-order valence-corrected chi connectivity index (χ3v) is 9.48. The summed E-state index contributed by atoms with van der Waals surface area (Å²) in [5.41, 5.74) is 3.90. The quantitative estimate of drug-likeness (QED) is 0.201. The van der Waals surface area contributed by atoms with Crippen LogP contribution in [0.1, 0.15) is 118 Å². The first-order valence-electron chi connectivity index (χ1n) is 15.9. The second kappa shape index (κ2) is 13.3. The fourth-order valence-corrected chi connectivity index (χ4v) is 7.31. The van der Waals surface area contributed by atoms with Gasteiger partial charge in [-0.05, 0) is 88.3 Å². The Hall–Kier alpha value is -2.96. The van der Waals surface area contributed by atoms with E-state index >= 15 is 0 Å². The van der Waals surface area contributed by atoms with Crippen LogP contribution in [0.15, 0.2) is 36.4 Å². The highest BCUT2D eigenvalue weighted by atomic mass is 19.1. The molecule has 0 saturated heterocycles. The summed E-state index contributed by atoms with van der Waals surface area (Å²) in [5, 5.41) is 8.39. The second-order valence-electron chi connectivity index (χ2n) is 12.5. The van der Waals surface area contributed by atoms with E-state index in [1.165, 1.54) is 37.1 Å². The van der Waals surface area contributed by atoms with Gasteiger partial charge in [0.2, 0.25) is 0 Å². The Balaban J connectivity index is 1.50. The minimum absolute atomic E-state index is 0.0682. The number of carbonyl (C=O) groups is 2. The van der Waals surface area contributed by atoms with Gasteiger partial charge >= 0.3 is 5.97 Å². The van der Waals surface area contributed by atoms with Gasteiger partial charge in [-0.3, -0.25) is 14.3 Å². The van der Waals surface area contributed by atoms with Crippen molar-refractivity contribution in [1.82, 2.24) is 15.1 Å². The first kappa shape index (κ1) is 29.5. The maximum absolute atomic E-state index is 14.2. The normalized spacial score (nSPS) is 24.3. The number of nitrogens with one attached hydrogen (secondary N) is 1. The molecule has 0 aliphatic heterocycles. The van der Waals surface area contributed by atoms with Gasteiger partial charge in [-0.1, -0.05) is 56.9 Å². The zero-order valence-electron chi connectivity index (χ0n) is 24.9. The maximum atomic E-state index is 14.2. The lowest BCUT2D eigenvalue weighted by Crippen LogP contribution is -2.47. The number of amides is 1. The molecule has 0 spiro atoms. The zero-order chi connectivity index (χ0) is 28.9. The van der Waals surface area contributed by atoms with Crippen molar-refractivity contribution in [2.45, 2.75) is 109 Å². The van der Waals surface area contributed by atoms with Gasteiger partial charge < -0.3 is 10.1 Å². The van der Waals surface area contributed by atoms with Crippen LogP contribution >= 0.6 is 0 Å². The fraction of sp³-hybridized carbons (Fsp3) is 0.618. The molecule has 41 heavy (non-hydrogen) atoms. The van der Waals surface area contributed by atoms with E-state index in [4.69, 9.17) is 9.84 Å². The zero-order valence-corrected chi connectivity index (χ0v) is 24.9. The van der Waals surface area contributed by atoms with Gasteiger partial charge in [0.05, 0.1) is 18.6 Å². The van der Waals surface area contributed by atoms with Gasteiger partial charge in [0.15, 0.2) is 5.69 Å². The highest BCUT2D eigenvalue weighted by Gasteiger charge is 2.37. The van der Waals surface area contributed by atoms with E-state index in [1.807, 2.05) is 26.0 Å². The molecule has 0 bridgehead atoms. The van der Waals surface area contributed by atoms with Crippen LogP contribution in [0.3, 0.4) is 0 Å². The van der Waals surface area contributed by atoms with E-state index in [0.29, 0.717) is 24.3 Å². The minimum Gasteiger partial charge on any atom is -0.466 e. The summed E-state index contributed by atoms with van der Waals surface area (Å²) in [4.78, 5) is 27.0. The lowest BCUT2D eigenvalue weighted by atomic mass is 9.87. The summed E-state index contributed by atoms with van der Waals surface area (Å²) in [6.45, 7) is 6.15. The Labute approximate surface area is 244 Å². The molecule has 0 radical (unpaired) electrons. The number of benzene rings is 1. The third-order valence-electron chi connectivity index (χ3n) is 9.48. The number of fused-ring (bicyclic) bond motifs is 1. The van der Waals surface area contributed by atoms with Gasteiger partial charge in [-0.15, -0.1) is 0 Å². The molecule has 1 aromatic heterocycles. The molecule has 6 nitrogen and oxygen atoms in total. The first-order valence-corrected chi connectivity index (χ1v) is 15.9. The van der Waals surface area contributed by atoms with Crippen molar-refractivity contribution >= 4 is 11.9 Å². The maximum Gasteiger partial charge on any atom is 0.310 e. The van der Waals surface area contributed by atoms with Crippen LogP contribution in [-0.4, -0.2) is 34.3 Å². The Bertz CT molecular complexity index is 1230. The highest BCUT2D eigenvalue weighted by Crippen LogP contribution is 2.39. The van der Waals surface area contributed by atoms with Gasteiger partial charge in [-0.25, -0.2) is 4.39 Å². The summed E-state index contributed by atoms with van der Waals surface area (Å²) >= 11 is 0. The van der Waals surface area contributed by atoms with Gasteiger partial charge in [0, 0.05) is 23.2 Å². The number of halogens is 1. The summed E-state index contributed by atoms with van der Waals surface area (Å²) < 4.78 is 21.2. The monoisotopic (exact) mass is 563 g/mol. The molecule has 1 N–H and O–H groups in total. The van der Waals surface area contributed by atoms with Crippen molar-refractivity contribution in [3.63, 3.8) is 0 Å². The van der Waals surface area contributed by atoms with Crippen molar-refractivity contribution in [2.75, 3.05) is 6.61 Å².